The molecule has 0 radical (unpaired) electrons. The third-order valence-electron chi connectivity index (χ3n) is 8.51. The molecule has 26 heavy (non-hydrogen) atoms. The Kier molecular flexibility index (Phi) is 5.95. The van der Waals surface area contributed by atoms with Gasteiger partial charge < -0.3 is 8.97 Å². The second-order valence-electron chi connectivity index (χ2n) is 10.3. The van der Waals surface area contributed by atoms with E-state index in [1.165, 1.54) is 126 Å². The maximum absolute atomic E-state index is 2.70. The van der Waals surface area contributed by atoms with Crippen molar-refractivity contribution in [2.45, 2.75) is 64.5 Å². The summed E-state index contributed by atoms with van der Waals surface area (Å²) in [7, 11) is 0. The molecule has 0 aromatic heterocycles. The molecule has 0 aromatic rings. The van der Waals surface area contributed by atoms with Crippen LogP contribution in [0.25, 0.3) is 0 Å². The van der Waals surface area contributed by atoms with Crippen molar-refractivity contribution < 1.29 is 8.97 Å². The molecule has 6 aliphatic rings. The minimum absolute atomic E-state index is 0.837. The van der Waals surface area contributed by atoms with Gasteiger partial charge in [0.25, 0.3) is 0 Å². The zero-order valence-corrected chi connectivity index (χ0v) is 17.7. The summed E-state index contributed by atoms with van der Waals surface area (Å²) in [5.41, 5.74) is 0. The Labute approximate surface area is 162 Å². The number of fused-ring (bicyclic) bond motifs is 6. The predicted molar refractivity (Wildman–Crippen MR) is 109 cm³/mol. The third kappa shape index (κ3) is 4.14. The number of hydrogen-bond donors (Lipinski definition) is 0. The lowest BCUT2D eigenvalue weighted by Gasteiger charge is -2.53. The zero-order chi connectivity index (χ0) is 18.0. The molecule has 0 spiro atoms. The van der Waals surface area contributed by atoms with Crippen molar-refractivity contribution in [1.82, 2.24) is 9.80 Å². The van der Waals surface area contributed by atoms with Gasteiger partial charge >= 0.3 is 0 Å². The highest BCUT2D eigenvalue weighted by Gasteiger charge is 2.42. The fraction of sp³-hybridized carbons (Fsp3) is 1.00. The molecule has 6 heterocycles. The molecule has 6 fully saturated rings. The van der Waals surface area contributed by atoms with E-state index in [1.807, 2.05) is 0 Å². The van der Waals surface area contributed by atoms with Gasteiger partial charge in [0.1, 0.15) is 0 Å². The quantitative estimate of drug-likeness (QED) is 0.458. The largest absolute Gasteiger partial charge is 0.320 e. The lowest BCUT2D eigenvalue weighted by atomic mass is 10.0. The van der Waals surface area contributed by atoms with E-state index in [4.69, 9.17) is 0 Å². The van der Waals surface area contributed by atoms with Gasteiger partial charge in [-0.15, -0.1) is 0 Å². The first-order chi connectivity index (χ1) is 12.6. The number of rotatable bonds is 9. The molecule has 0 aromatic carbocycles. The summed E-state index contributed by atoms with van der Waals surface area (Å²) in [6.07, 6.45) is 8.85. The molecule has 2 atom stereocenters. The zero-order valence-electron chi connectivity index (χ0n) is 17.7. The van der Waals surface area contributed by atoms with E-state index in [2.05, 4.69) is 23.6 Å². The van der Waals surface area contributed by atoms with Crippen LogP contribution in [0.1, 0.15) is 52.4 Å². The molecule has 0 amide bonds. The smallest absolute Gasteiger partial charge is 0.0942 e. The number of unbranched alkanes of at least 4 members (excludes halogenated alkanes) is 5. The highest BCUT2D eigenvalue weighted by molar-refractivity contribution is 4.79. The molecule has 4 heteroatoms. The molecule has 4 bridgehead atoms. The molecular weight excluding hydrogens is 320 g/mol. The fourth-order valence-electron chi connectivity index (χ4n) is 6.64. The number of piperazine rings is 6. The van der Waals surface area contributed by atoms with Crippen LogP contribution in [0.15, 0.2) is 0 Å². The first-order valence-electron chi connectivity index (χ1n) is 11.8. The van der Waals surface area contributed by atoms with Crippen LogP contribution in [0.2, 0.25) is 0 Å². The molecule has 6 rings (SSSR count). The molecule has 6 aliphatic heterocycles. The predicted octanol–water partition coefficient (Wildman–Crippen LogP) is 2.40. The lowest BCUT2D eigenvalue weighted by molar-refractivity contribution is -0.944. The van der Waals surface area contributed by atoms with Gasteiger partial charge in [0.15, 0.2) is 0 Å². The van der Waals surface area contributed by atoms with E-state index in [1.54, 1.807) is 0 Å². The van der Waals surface area contributed by atoms with E-state index in [-0.39, 0.29) is 0 Å². The Morgan fingerprint density at radius 1 is 0.577 bits per heavy atom. The SMILES string of the molecule is CC1C[N+]2(CCCCCCCC[N+]34CCN(CC3)C(C)C4)CCN1CC2. The minimum atomic E-state index is 0.837. The Hall–Kier alpha value is -0.160. The van der Waals surface area contributed by atoms with Crippen molar-refractivity contribution in [3.8, 4) is 0 Å². The van der Waals surface area contributed by atoms with Gasteiger partial charge in [0.2, 0.25) is 0 Å². The van der Waals surface area contributed by atoms with Crippen molar-refractivity contribution in [3.05, 3.63) is 0 Å². The van der Waals surface area contributed by atoms with Gasteiger partial charge in [0, 0.05) is 26.2 Å². The average Bonchev–Trinajstić information content (AvgIpc) is 2.65. The second-order valence-corrected chi connectivity index (χ2v) is 10.3. The summed E-state index contributed by atoms with van der Waals surface area (Å²) in [5.74, 6) is 0. The van der Waals surface area contributed by atoms with Gasteiger partial charge in [-0.2, -0.15) is 0 Å². The summed E-state index contributed by atoms with van der Waals surface area (Å²) >= 11 is 0. The molecular formula is C22H44N4+2. The van der Waals surface area contributed by atoms with Crippen LogP contribution in [0.3, 0.4) is 0 Å². The lowest BCUT2D eigenvalue weighted by Crippen LogP contribution is -2.70. The number of quaternary nitrogens is 2. The maximum Gasteiger partial charge on any atom is 0.0942 e. The molecule has 0 aliphatic carbocycles. The van der Waals surface area contributed by atoms with Crippen LogP contribution >= 0.6 is 0 Å². The summed E-state index contributed by atoms with van der Waals surface area (Å²) in [6, 6.07) is 1.67. The van der Waals surface area contributed by atoms with Crippen molar-refractivity contribution in [1.29, 1.82) is 0 Å². The molecule has 6 saturated heterocycles. The first-order valence-corrected chi connectivity index (χ1v) is 11.8. The van der Waals surface area contributed by atoms with E-state index in [9.17, 15) is 0 Å². The Morgan fingerprint density at radius 3 is 1.27 bits per heavy atom. The van der Waals surface area contributed by atoms with E-state index in [0.717, 1.165) is 12.1 Å². The monoisotopic (exact) mass is 364 g/mol. The van der Waals surface area contributed by atoms with E-state index >= 15 is 0 Å². The maximum atomic E-state index is 2.70. The number of hydrogen-bond acceptors (Lipinski definition) is 2. The van der Waals surface area contributed by atoms with Gasteiger partial charge in [0.05, 0.1) is 64.4 Å². The summed E-state index contributed by atoms with van der Waals surface area (Å²) in [4.78, 5) is 5.41. The Balaban J connectivity index is 1.06. The van der Waals surface area contributed by atoms with Crippen molar-refractivity contribution in [2.75, 3.05) is 78.5 Å². The Morgan fingerprint density at radius 2 is 0.923 bits per heavy atom. The van der Waals surface area contributed by atoms with Crippen molar-refractivity contribution in [3.63, 3.8) is 0 Å². The van der Waals surface area contributed by atoms with Crippen LogP contribution in [0, 0.1) is 0 Å². The van der Waals surface area contributed by atoms with Crippen LogP contribution in [-0.4, -0.2) is 109 Å². The standard InChI is InChI=1S/C22H44N4/c1-21-19-25(15-9-23(21)10-16-25)13-7-5-3-4-6-8-14-26-17-11-24(12-18-26)22(2)20-26/h21-22H,3-20H2,1-2H3/q+2. The summed E-state index contributed by atoms with van der Waals surface area (Å²) in [5, 5.41) is 0. The molecule has 0 saturated carbocycles. The highest BCUT2D eigenvalue weighted by Crippen LogP contribution is 2.26. The van der Waals surface area contributed by atoms with Crippen molar-refractivity contribution in [2.24, 2.45) is 0 Å². The van der Waals surface area contributed by atoms with E-state index < -0.39 is 0 Å². The third-order valence-corrected chi connectivity index (χ3v) is 8.51. The van der Waals surface area contributed by atoms with Gasteiger partial charge in [-0.25, -0.2) is 0 Å². The van der Waals surface area contributed by atoms with Crippen LogP contribution < -0.4 is 0 Å². The van der Waals surface area contributed by atoms with Crippen LogP contribution in [-0.2, 0) is 0 Å². The van der Waals surface area contributed by atoms with Gasteiger partial charge in [-0.3, -0.25) is 9.80 Å². The molecule has 4 nitrogen and oxygen atoms in total. The molecule has 2 unspecified atom stereocenters. The summed E-state index contributed by atoms with van der Waals surface area (Å²) < 4.78 is 2.90. The summed E-state index contributed by atoms with van der Waals surface area (Å²) in [6.45, 7) is 21.8. The highest BCUT2D eigenvalue weighted by atomic mass is 15.5. The fourth-order valence-corrected chi connectivity index (χ4v) is 6.64. The molecule has 0 N–H and O–H groups in total. The first kappa shape index (κ1) is 19.2. The van der Waals surface area contributed by atoms with Crippen LogP contribution in [0.4, 0.5) is 0 Å². The molecule has 150 valence electrons. The number of nitrogens with zero attached hydrogens (tertiary/aromatic N) is 4. The van der Waals surface area contributed by atoms with Gasteiger partial charge in [-0.1, -0.05) is 12.8 Å². The Bertz CT molecular complexity index is 407. The van der Waals surface area contributed by atoms with Gasteiger partial charge in [-0.05, 0) is 39.5 Å². The normalized spacial score (nSPS) is 44.5. The topological polar surface area (TPSA) is 6.48 Å². The second kappa shape index (κ2) is 8.06. The minimum Gasteiger partial charge on any atom is -0.320 e. The van der Waals surface area contributed by atoms with Crippen molar-refractivity contribution >= 4 is 0 Å². The van der Waals surface area contributed by atoms with E-state index in [0.29, 0.717) is 0 Å². The average molecular weight is 365 g/mol. The van der Waals surface area contributed by atoms with Crippen LogP contribution in [0.5, 0.6) is 0 Å².